The molecule has 0 atom stereocenters. The van der Waals surface area contributed by atoms with Gasteiger partial charge >= 0.3 is 0 Å². The lowest BCUT2D eigenvalue weighted by atomic mass is 9.88. The Balaban J connectivity index is 1.28. The molecule has 3 heterocycles. The maximum absolute atomic E-state index is 9.45. The fraction of sp³-hybridized carbons (Fsp3) is 0.125. The van der Waals surface area contributed by atoms with Crippen LogP contribution in [0.2, 0.25) is 0 Å². The van der Waals surface area contributed by atoms with Gasteiger partial charge in [-0.05, 0) is 100 Å². The lowest BCUT2D eigenvalue weighted by Crippen LogP contribution is -2.09. The van der Waals surface area contributed by atoms with Crippen molar-refractivity contribution in [2.75, 3.05) is 0 Å². The van der Waals surface area contributed by atoms with E-state index in [2.05, 4.69) is 141 Å². The molecule has 254 valence electrons. The average molecular weight is 686 g/mol. The monoisotopic (exact) mass is 685 g/mol. The average Bonchev–Trinajstić information content (AvgIpc) is 3.86. The predicted octanol–water partition coefficient (Wildman–Crippen LogP) is 13.4. The largest absolute Gasteiger partial charge is 0.456 e. The maximum atomic E-state index is 9.45. The summed E-state index contributed by atoms with van der Waals surface area (Å²) in [5.41, 5.74) is 12.8. The molecule has 0 bridgehead atoms. The number of nitrogens with zero attached hydrogens (tertiary/aromatic N) is 3. The van der Waals surface area contributed by atoms with Crippen molar-refractivity contribution in [3.8, 4) is 34.3 Å². The van der Waals surface area contributed by atoms with Gasteiger partial charge in [0, 0.05) is 38.6 Å². The first kappa shape index (κ1) is 31.1. The van der Waals surface area contributed by atoms with Crippen LogP contribution in [0.5, 0.6) is 0 Å². The van der Waals surface area contributed by atoms with Crippen LogP contribution in [0.4, 0.5) is 0 Å². The van der Waals surface area contributed by atoms with E-state index >= 15 is 0 Å². The van der Waals surface area contributed by atoms with E-state index < -0.39 is 0 Å². The molecule has 0 fully saturated rings. The van der Waals surface area contributed by atoms with Crippen LogP contribution >= 0.6 is 0 Å². The molecule has 10 aromatic rings. The first-order valence-corrected chi connectivity index (χ1v) is 18.2. The molecule has 0 aliphatic carbocycles. The lowest BCUT2D eigenvalue weighted by Gasteiger charge is -2.24. The Hall–Kier alpha value is -6.64. The molecule has 5 heteroatoms. The van der Waals surface area contributed by atoms with Gasteiger partial charge in [-0.3, -0.25) is 4.57 Å². The molecule has 0 unspecified atom stereocenters. The summed E-state index contributed by atoms with van der Waals surface area (Å²) in [5.74, 6) is 1.40. The molecule has 0 aliphatic heterocycles. The number of hydrogen-bond donors (Lipinski definition) is 0. The van der Waals surface area contributed by atoms with Gasteiger partial charge in [-0.2, -0.15) is 5.26 Å². The van der Waals surface area contributed by atoms with E-state index in [-0.39, 0.29) is 11.8 Å². The maximum Gasteiger partial charge on any atom is 0.145 e. The van der Waals surface area contributed by atoms with Crippen LogP contribution in [0.15, 0.2) is 136 Å². The highest BCUT2D eigenvalue weighted by atomic mass is 16.3. The molecule has 3 aromatic heterocycles. The Morgan fingerprint density at radius 3 is 1.98 bits per heavy atom. The van der Waals surface area contributed by atoms with Crippen molar-refractivity contribution in [2.45, 2.75) is 39.5 Å². The highest BCUT2D eigenvalue weighted by molar-refractivity contribution is 6.16. The highest BCUT2D eigenvalue weighted by Crippen LogP contribution is 2.43. The molecule has 0 aliphatic rings. The molecule has 0 saturated carbocycles. The highest BCUT2D eigenvalue weighted by Gasteiger charge is 2.25. The SMILES string of the molecule is CC(C)c1cc(-c2ccccc2)cc(C(C)C)c1-n1c(-c2ccc3oc4cc5oc6cc(C#N)ccc6c5cc4c3c2)nc2ccc3ccccc3c21. The molecule has 5 nitrogen and oxygen atoms in total. The Kier molecular flexibility index (Phi) is 6.87. The zero-order valence-corrected chi connectivity index (χ0v) is 29.9. The third-order valence-corrected chi connectivity index (χ3v) is 10.7. The van der Waals surface area contributed by atoms with Gasteiger partial charge in [0.25, 0.3) is 0 Å². The Labute approximate surface area is 306 Å². The summed E-state index contributed by atoms with van der Waals surface area (Å²) < 4.78 is 15.1. The van der Waals surface area contributed by atoms with Gasteiger partial charge in [0.1, 0.15) is 28.2 Å². The Bertz CT molecular complexity index is 3100. The van der Waals surface area contributed by atoms with Gasteiger partial charge in [0.15, 0.2) is 0 Å². The minimum Gasteiger partial charge on any atom is -0.456 e. The number of benzene rings is 7. The molecule has 0 spiro atoms. The van der Waals surface area contributed by atoms with Crippen molar-refractivity contribution in [3.63, 3.8) is 0 Å². The van der Waals surface area contributed by atoms with E-state index in [1.807, 2.05) is 18.2 Å². The fourth-order valence-corrected chi connectivity index (χ4v) is 8.12. The molecular formula is C48H35N3O2. The summed E-state index contributed by atoms with van der Waals surface area (Å²) in [6, 6.07) is 46.8. The summed E-state index contributed by atoms with van der Waals surface area (Å²) in [4.78, 5) is 5.45. The lowest BCUT2D eigenvalue weighted by molar-refractivity contribution is 0.656. The van der Waals surface area contributed by atoms with Gasteiger partial charge in [-0.1, -0.05) is 88.4 Å². The van der Waals surface area contributed by atoms with Crippen LogP contribution in [0.1, 0.15) is 56.2 Å². The summed E-state index contributed by atoms with van der Waals surface area (Å²) in [5, 5.41) is 15.8. The summed E-state index contributed by atoms with van der Waals surface area (Å²) >= 11 is 0. The molecule has 0 radical (unpaired) electrons. The van der Waals surface area contributed by atoms with Gasteiger partial charge in [-0.15, -0.1) is 0 Å². The van der Waals surface area contributed by atoms with E-state index in [9.17, 15) is 5.26 Å². The molecular weight excluding hydrogens is 651 g/mol. The molecule has 0 amide bonds. The Morgan fingerprint density at radius 2 is 1.23 bits per heavy atom. The minimum atomic E-state index is 0.253. The summed E-state index contributed by atoms with van der Waals surface area (Å²) in [6.45, 7) is 9.17. The first-order valence-electron chi connectivity index (χ1n) is 18.2. The van der Waals surface area contributed by atoms with Crippen LogP contribution in [0.3, 0.4) is 0 Å². The molecule has 0 N–H and O–H groups in total. The standard InChI is InChI=1S/C48H35N3O2/c1-27(2)36-22-33(30-10-6-5-7-11-30)23-37(28(3)4)46(36)51-47-34-13-9-8-12-31(34)15-18-41(47)50-48(51)32-16-19-42-38(21-32)40-24-39-35-17-14-29(26-49)20-43(35)53-44(39)25-45(40)52-42/h5-25,27-28H,1-4H3. The first-order chi connectivity index (χ1) is 25.9. The van der Waals surface area contributed by atoms with Gasteiger partial charge in [0.05, 0.1) is 28.4 Å². The molecule has 0 saturated heterocycles. The minimum absolute atomic E-state index is 0.253. The second-order valence-electron chi connectivity index (χ2n) is 14.7. The van der Waals surface area contributed by atoms with Crippen molar-refractivity contribution < 1.29 is 8.83 Å². The summed E-state index contributed by atoms with van der Waals surface area (Å²) in [7, 11) is 0. The van der Waals surface area contributed by atoms with Gasteiger partial charge in [0.2, 0.25) is 0 Å². The quantitative estimate of drug-likeness (QED) is 0.181. The van der Waals surface area contributed by atoms with Gasteiger partial charge in [-0.25, -0.2) is 4.98 Å². The number of nitriles is 1. The van der Waals surface area contributed by atoms with E-state index in [1.54, 1.807) is 6.07 Å². The number of furan rings is 2. The fourth-order valence-electron chi connectivity index (χ4n) is 8.12. The van der Waals surface area contributed by atoms with Crippen molar-refractivity contribution in [2.24, 2.45) is 0 Å². The molecule has 53 heavy (non-hydrogen) atoms. The predicted molar refractivity (Wildman–Crippen MR) is 217 cm³/mol. The van der Waals surface area contributed by atoms with Crippen molar-refractivity contribution in [3.05, 3.63) is 144 Å². The molecule has 7 aromatic carbocycles. The third-order valence-electron chi connectivity index (χ3n) is 10.7. The van der Waals surface area contributed by atoms with Crippen LogP contribution in [0, 0.1) is 11.3 Å². The van der Waals surface area contributed by atoms with Crippen LogP contribution in [-0.2, 0) is 0 Å². The van der Waals surface area contributed by atoms with Gasteiger partial charge < -0.3 is 8.83 Å². The number of imidazole rings is 1. The second kappa shape index (κ2) is 11.7. The topological polar surface area (TPSA) is 67.9 Å². The van der Waals surface area contributed by atoms with Crippen molar-refractivity contribution in [1.29, 1.82) is 5.26 Å². The zero-order valence-electron chi connectivity index (χ0n) is 29.9. The van der Waals surface area contributed by atoms with Crippen LogP contribution in [-0.4, -0.2) is 9.55 Å². The summed E-state index contributed by atoms with van der Waals surface area (Å²) in [6.07, 6.45) is 0. The second-order valence-corrected chi connectivity index (χ2v) is 14.7. The Morgan fingerprint density at radius 1 is 0.547 bits per heavy atom. The molecule has 10 rings (SSSR count). The normalized spacial score (nSPS) is 12.1. The smallest absolute Gasteiger partial charge is 0.145 e. The van der Waals surface area contributed by atoms with E-state index in [4.69, 9.17) is 13.8 Å². The van der Waals surface area contributed by atoms with E-state index in [0.29, 0.717) is 11.1 Å². The number of rotatable bonds is 5. The van der Waals surface area contributed by atoms with Crippen molar-refractivity contribution in [1.82, 2.24) is 9.55 Å². The number of fused-ring (bicyclic) bond motifs is 9. The number of aromatic nitrogens is 2. The number of hydrogen-bond acceptors (Lipinski definition) is 4. The van der Waals surface area contributed by atoms with E-state index in [1.165, 1.54) is 38.7 Å². The van der Waals surface area contributed by atoms with Crippen LogP contribution < -0.4 is 0 Å². The third kappa shape index (κ3) is 4.80. The van der Waals surface area contributed by atoms with Crippen molar-refractivity contribution >= 4 is 65.7 Å². The zero-order chi connectivity index (χ0) is 36.0. The van der Waals surface area contributed by atoms with Crippen LogP contribution in [0.25, 0.3) is 93.9 Å². The van der Waals surface area contributed by atoms with E-state index in [0.717, 1.165) is 60.7 Å².